The van der Waals surface area contributed by atoms with Gasteiger partial charge < -0.3 is 0 Å². The number of hydrazine groups is 1. The number of benzene rings is 1. The molecule has 21 heavy (non-hydrogen) atoms. The van der Waals surface area contributed by atoms with Gasteiger partial charge in [-0.3, -0.25) is 15.0 Å². The van der Waals surface area contributed by atoms with E-state index in [2.05, 4.69) is 17.3 Å². The standard InChI is InChI=1S/C17H22N2O2/c1-13(2)11-12-15(20)19(17(3,4)5)18-16(21)14-9-7-6-8-10-14/h6-10,13H,1-5H3,(H,18,21). The fourth-order valence-corrected chi connectivity index (χ4v) is 1.54. The molecule has 4 heteroatoms. The van der Waals surface area contributed by atoms with Gasteiger partial charge in [-0.2, -0.15) is 0 Å². The molecule has 0 spiro atoms. The molecule has 1 N–H and O–H groups in total. The monoisotopic (exact) mass is 286 g/mol. The van der Waals surface area contributed by atoms with Gasteiger partial charge >= 0.3 is 5.91 Å². The number of rotatable bonds is 1. The predicted molar refractivity (Wildman–Crippen MR) is 83.1 cm³/mol. The van der Waals surface area contributed by atoms with E-state index in [9.17, 15) is 9.59 Å². The van der Waals surface area contributed by atoms with E-state index >= 15 is 0 Å². The molecule has 2 amide bonds. The van der Waals surface area contributed by atoms with Crippen LogP contribution in [-0.2, 0) is 4.79 Å². The molecule has 1 rings (SSSR count). The van der Waals surface area contributed by atoms with Crippen LogP contribution in [0, 0.1) is 17.8 Å². The van der Waals surface area contributed by atoms with Gasteiger partial charge in [0.1, 0.15) is 0 Å². The zero-order valence-electron chi connectivity index (χ0n) is 13.2. The minimum absolute atomic E-state index is 0.0978. The van der Waals surface area contributed by atoms with E-state index in [4.69, 9.17) is 0 Å². The highest BCUT2D eigenvalue weighted by molar-refractivity contribution is 5.99. The maximum Gasteiger partial charge on any atom is 0.317 e. The third-order valence-corrected chi connectivity index (χ3v) is 2.59. The van der Waals surface area contributed by atoms with E-state index in [0.29, 0.717) is 5.56 Å². The van der Waals surface area contributed by atoms with E-state index in [1.54, 1.807) is 24.3 Å². The third-order valence-electron chi connectivity index (χ3n) is 2.59. The summed E-state index contributed by atoms with van der Waals surface area (Å²) in [7, 11) is 0. The zero-order chi connectivity index (χ0) is 16.0. The smallest absolute Gasteiger partial charge is 0.267 e. The molecular weight excluding hydrogens is 264 g/mol. The summed E-state index contributed by atoms with van der Waals surface area (Å²) in [5.74, 6) is 4.74. The van der Waals surface area contributed by atoms with Gasteiger partial charge in [-0.15, -0.1) is 0 Å². The minimum Gasteiger partial charge on any atom is -0.267 e. The summed E-state index contributed by atoms with van der Waals surface area (Å²) in [4.78, 5) is 24.4. The van der Waals surface area contributed by atoms with Crippen LogP contribution in [0.1, 0.15) is 45.0 Å². The number of amides is 2. The molecular formula is C17H22N2O2. The van der Waals surface area contributed by atoms with Crippen LogP contribution in [-0.4, -0.2) is 22.4 Å². The molecule has 112 valence electrons. The number of hydrogen-bond donors (Lipinski definition) is 1. The number of hydrogen-bond acceptors (Lipinski definition) is 2. The highest BCUT2D eigenvalue weighted by Gasteiger charge is 2.27. The largest absolute Gasteiger partial charge is 0.317 e. The summed E-state index contributed by atoms with van der Waals surface area (Å²) in [6, 6.07) is 8.77. The Morgan fingerprint density at radius 2 is 1.71 bits per heavy atom. The summed E-state index contributed by atoms with van der Waals surface area (Å²) in [5, 5.41) is 1.28. The van der Waals surface area contributed by atoms with Gasteiger partial charge in [0, 0.05) is 11.5 Å². The van der Waals surface area contributed by atoms with Crippen LogP contribution in [0.5, 0.6) is 0 Å². The lowest BCUT2D eigenvalue weighted by Gasteiger charge is -2.33. The van der Waals surface area contributed by atoms with Gasteiger partial charge in [0.25, 0.3) is 5.91 Å². The van der Waals surface area contributed by atoms with Gasteiger partial charge in [-0.05, 0) is 38.8 Å². The Bertz CT molecular complexity index is 560. The van der Waals surface area contributed by atoms with Crippen molar-refractivity contribution in [3.63, 3.8) is 0 Å². The van der Waals surface area contributed by atoms with Crippen molar-refractivity contribution in [2.24, 2.45) is 5.92 Å². The minimum atomic E-state index is -0.562. The average Bonchev–Trinajstić information content (AvgIpc) is 2.41. The molecule has 0 bridgehead atoms. The number of carbonyl (C=O) groups excluding carboxylic acids is 2. The number of nitrogens with zero attached hydrogens (tertiary/aromatic N) is 1. The lowest BCUT2D eigenvalue weighted by Crippen LogP contribution is -2.55. The second-order valence-corrected chi connectivity index (χ2v) is 6.04. The van der Waals surface area contributed by atoms with Crippen LogP contribution in [0.25, 0.3) is 0 Å². The van der Waals surface area contributed by atoms with Gasteiger partial charge in [-0.25, -0.2) is 5.01 Å². The Kier molecular flexibility index (Phi) is 5.54. The van der Waals surface area contributed by atoms with Crippen LogP contribution < -0.4 is 5.43 Å². The predicted octanol–water partition coefficient (Wildman–Crippen LogP) is 2.62. The van der Waals surface area contributed by atoms with Gasteiger partial charge in [0.15, 0.2) is 0 Å². The fourth-order valence-electron chi connectivity index (χ4n) is 1.54. The highest BCUT2D eigenvalue weighted by atomic mass is 16.2. The second-order valence-electron chi connectivity index (χ2n) is 6.04. The summed E-state index contributed by atoms with van der Waals surface area (Å²) >= 11 is 0. The van der Waals surface area contributed by atoms with Crippen molar-refractivity contribution in [1.82, 2.24) is 10.4 Å². The molecule has 0 aliphatic carbocycles. The van der Waals surface area contributed by atoms with Crippen LogP contribution in [0.3, 0.4) is 0 Å². The molecule has 0 radical (unpaired) electrons. The fraction of sp³-hybridized carbons (Fsp3) is 0.412. The van der Waals surface area contributed by atoms with Crippen molar-refractivity contribution in [3.05, 3.63) is 35.9 Å². The van der Waals surface area contributed by atoms with Crippen LogP contribution in [0.4, 0.5) is 0 Å². The van der Waals surface area contributed by atoms with Crippen molar-refractivity contribution in [2.45, 2.75) is 40.2 Å². The number of nitrogens with one attached hydrogen (secondary N) is 1. The lowest BCUT2D eigenvalue weighted by atomic mass is 10.1. The Balaban J connectivity index is 2.94. The molecule has 1 aromatic rings. The summed E-state index contributed by atoms with van der Waals surface area (Å²) in [6.45, 7) is 9.34. The Morgan fingerprint density at radius 3 is 2.19 bits per heavy atom. The molecule has 0 aliphatic rings. The van der Waals surface area contributed by atoms with E-state index in [1.807, 2.05) is 40.7 Å². The van der Waals surface area contributed by atoms with E-state index in [-0.39, 0.29) is 11.8 Å². The van der Waals surface area contributed by atoms with Crippen molar-refractivity contribution >= 4 is 11.8 Å². The van der Waals surface area contributed by atoms with Crippen LogP contribution >= 0.6 is 0 Å². The summed E-state index contributed by atoms with van der Waals surface area (Å²) < 4.78 is 0. The quantitative estimate of drug-likeness (QED) is 0.637. The van der Waals surface area contributed by atoms with Crippen molar-refractivity contribution in [1.29, 1.82) is 0 Å². The third kappa shape index (κ3) is 5.31. The van der Waals surface area contributed by atoms with Crippen LogP contribution in [0.2, 0.25) is 0 Å². The molecule has 1 aromatic carbocycles. The van der Waals surface area contributed by atoms with Crippen molar-refractivity contribution in [2.75, 3.05) is 0 Å². The topological polar surface area (TPSA) is 49.4 Å². The Hall–Kier alpha value is -2.28. The van der Waals surface area contributed by atoms with Gasteiger partial charge in [0.05, 0.1) is 5.54 Å². The van der Waals surface area contributed by atoms with Crippen molar-refractivity contribution < 1.29 is 9.59 Å². The Labute approximate surface area is 126 Å². The van der Waals surface area contributed by atoms with E-state index in [0.717, 1.165) is 0 Å². The highest BCUT2D eigenvalue weighted by Crippen LogP contribution is 2.11. The normalized spacial score (nSPS) is 10.6. The lowest BCUT2D eigenvalue weighted by molar-refractivity contribution is -0.132. The molecule has 0 heterocycles. The first-order chi connectivity index (χ1) is 9.71. The first kappa shape index (κ1) is 16.8. The molecule has 0 aromatic heterocycles. The molecule has 0 atom stereocenters. The molecule has 0 unspecified atom stereocenters. The second kappa shape index (κ2) is 6.94. The van der Waals surface area contributed by atoms with Crippen LogP contribution in [0.15, 0.2) is 30.3 Å². The van der Waals surface area contributed by atoms with Crippen molar-refractivity contribution in [3.8, 4) is 11.8 Å². The zero-order valence-corrected chi connectivity index (χ0v) is 13.2. The molecule has 4 nitrogen and oxygen atoms in total. The first-order valence-electron chi connectivity index (χ1n) is 6.93. The maximum absolute atomic E-state index is 12.2. The van der Waals surface area contributed by atoms with Gasteiger partial charge in [0.2, 0.25) is 0 Å². The Morgan fingerprint density at radius 1 is 1.14 bits per heavy atom. The van der Waals surface area contributed by atoms with E-state index in [1.165, 1.54) is 5.01 Å². The molecule has 0 saturated heterocycles. The van der Waals surface area contributed by atoms with E-state index < -0.39 is 11.4 Å². The SMILES string of the molecule is CC(C)C#CC(=O)N(NC(=O)c1ccccc1)C(C)(C)C. The summed E-state index contributed by atoms with van der Waals surface area (Å²) in [6.07, 6.45) is 0. The van der Waals surface area contributed by atoms with Gasteiger partial charge in [-0.1, -0.05) is 38.0 Å². The maximum atomic E-state index is 12.2. The molecule has 0 fully saturated rings. The molecule has 0 saturated carbocycles. The number of carbonyl (C=O) groups is 2. The molecule has 0 aliphatic heterocycles. The average molecular weight is 286 g/mol. The first-order valence-corrected chi connectivity index (χ1v) is 6.93. The summed E-state index contributed by atoms with van der Waals surface area (Å²) in [5.41, 5.74) is 2.57.